The average Bonchev–Trinajstić information content (AvgIpc) is 2.79. The van der Waals surface area contributed by atoms with Gasteiger partial charge in [-0.2, -0.15) is 4.31 Å². The van der Waals surface area contributed by atoms with Gasteiger partial charge in [0.05, 0.1) is 18.0 Å². The Morgan fingerprint density at radius 3 is 2.35 bits per heavy atom. The Bertz CT molecular complexity index is 1010. The first-order chi connectivity index (χ1) is 14.8. The first kappa shape index (κ1) is 23.6. The SMILES string of the molecule is COc1ccc(S(=O)(=O)N2CCC(C(=O)N[C@@H](C)c3ccc(SC)cc3)CC2)cc1C. The van der Waals surface area contributed by atoms with Crippen molar-refractivity contribution in [3.05, 3.63) is 53.6 Å². The minimum absolute atomic E-state index is 0.0150. The van der Waals surface area contributed by atoms with Crippen LogP contribution in [0.4, 0.5) is 0 Å². The molecule has 31 heavy (non-hydrogen) atoms. The zero-order valence-corrected chi connectivity index (χ0v) is 20.1. The molecule has 0 saturated carbocycles. The first-order valence-electron chi connectivity index (χ1n) is 10.4. The maximum Gasteiger partial charge on any atom is 0.243 e. The van der Waals surface area contributed by atoms with E-state index in [1.54, 1.807) is 37.1 Å². The molecule has 2 aromatic rings. The van der Waals surface area contributed by atoms with Crippen LogP contribution in [0.25, 0.3) is 0 Å². The molecule has 0 aromatic heterocycles. The van der Waals surface area contributed by atoms with Gasteiger partial charge in [-0.05, 0) is 74.4 Å². The van der Waals surface area contributed by atoms with Crippen LogP contribution in [0.2, 0.25) is 0 Å². The van der Waals surface area contributed by atoms with Crippen molar-refractivity contribution in [3.63, 3.8) is 0 Å². The van der Waals surface area contributed by atoms with Gasteiger partial charge in [-0.25, -0.2) is 8.42 Å². The lowest BCUT2D eigenvalue weighted by molar-refractivity contribution is -0.126. The molecule has 0 bridgehead atoms. The molecule has 1 aliphatic rings. The molecule has 168 valence electrons. The van der Waals surface area contributed by atoms with Gasteiger partial charge >= 0.3 is 0 Å². The molecule has 0 radical (unpaired) electrons. The van der Waals surface area contributed by atoms with Crippen molar-refractivity contribution < 1.29 is 17.9 Å². The Balaban J connectivity index is 1.59. The van der Waals surface area contributed by atoms with Crippen molar-refractivity contribution in [2.45, 2.75) is 42.5 Å². The largest absolute Gasteiger partial charge is 0.496 e. The second-order valence-corrected chi connectivity index (χ2v) is 10.6. The topological polar surface area (TPSA) is 75.7 Å². The Morgan fingerprint density at radius 2 is 1.81 bits per heavy atom. The van der Waals surface area contributed by atoms with Crippen LogP contribution in [-0.2, 0) is 14.8 Å². The second-order valence-electron chi connectivity index (χ2n) is 7.81. The number of carbonyl (C=O) groups is 1. The maximum absolute atomic E-state index is 13.0. The average molecular weight is 463 g/mol. The number of ether oxygens (including phenoxy) is 1. The predicted octanol–water partition coefficient (Wildman–Crippen LogP) is 4.00. The molecule has 1 saturated heterocycles. The number of methoxy groups -OCH3 is 1. The van der Waals surface area contributed by atoms with E-state index in [0.717, 1.165) is 11.1 Å². The second kappa shape index (κ2) is 10.1. The minimum Gasteiger partial charge on any atom is -0.496 e. The van der Waals surface area contributed by atoms with Gasteiger partial charge in [0.1, 0.15) is 5.75 Å². The molecule has 1 amide bonds. The van der Waals surface area contributed by atoms with Crippen LogP contribution in [0.3, 0.4) is 0 Å². The lowest BCUT2D eigenvalue weighted by Gasteiger charge is -2.31. The van der Waals surface area contributed by atoms with E-state index in [1.165, 1.54) is 9.20 Å². The van der Waals surface area contributed by atoms with E-state index in [-0.39, 0.29) is 22.8 Å². The number of amides is 1. The molecule has 1 atom stereocenters. The van der Waals surface area contributed by atoms with Crippen molar-refractivity contribution >= 4 is 27.7 Å². The monoisotopic (exact) mass is 462 g/mol. The fourth-order valence-electron chi connectivity index (χ4n) is 3.83. The number of carbonyl (C=O) groups excluding carboxylic acids is 1. The van der Waals surface area contributed by atoms with Crippen molar-refractivity contribution in [1.29, 1.82) is 0 Å². The first-order valence-corrected chi connectivity index (χ1v) is 13.0. The van der Waals surface area contributed by atoms with Crippen LogP contribution in [0, 0.1) is 12.8 Å². The van der Waals surface area contributed by atoms with Gasteiger partial charge in [-0.1, -0.05) is 12.1 Å². The third-order valence-electron chi connectivity index (χ3n) is 5.80. The van der Waals surface area contributed by atoms with E-state index >= 15 is 0 Å². The van der Waals surface area contributed by atoms with Crippen LogP contribution in [-0.4, -0.2) is 45.1 Å². The predicted molar refractivity (Wildman–Crippen MR) is 124 cm³/mol. The smallest absolute Gasteiger partial charge is 0.243 e. The van der Waals surface area contributed by atoms with E-state index in [1.807, 2.05) is 44.4 Å². The normalized spacial score (nSPS) is 16.6. The van der Waals surface area contributed by atoms with Gasteiger partial charge in [0.25, 0.3) is 0 Å². The zero-order chi connectivity index (χ0) is 22.6. The van der Waals surface area contributed by atoms with Crippen LogP contribution >= 0.6 is 11.8 Å². The van der Waals surface area contributed by atoms with Crippen molar-refractivity contribution in [2.24, 2.45) is 5.92 Å². The third kappa shape index (κ3) is 5.42. The molecule has 2 aromatic carbocycles. The Hall–Kier alpha value is -2.03. The zero-order valence-electron chi connectivity index (χ0n) is 18.4. The van der Waals surface area contributed by atoms with Crippen LogP contribution in [0.1, 0.15) is 36.9 Å². The number of hydrogen-bond donors (Lipinski definition) is 1. The summed E-state index contributed by atoms with van der Waals surface area (Å²) in [5.41, 5.74) is 1.83. The van der Waals surface area contributed by atoms with E-state index in [9.17, 15) is 13.2 Å². The molecule has 6 nitrogen and oxygen atoms in total. The molecule has 1 N–H and O–H groups in total. The highest BCUT2D eigenvalue weighted by molar-refractivity contribution is 7.98. The molecule has 0 spiro atoms. The van der Waals surface area contributed by atoms with Gasteiger partial charge in [-0.3, -0.25) is 4.79 Å². The number of thioether (sulfide) groups is 1. The van der Waals surface area contributed by atoms with E-state index in [0.29, 0.717) is 31.7 Å². The van der Waals surface area contributed by atoms with E-state index in [4.69, 9.17) is 4.74 Å². The lowest BCUT2D eigenvalue weighted by Crippen LogP contribution is -2.43. The molecule has 1 heterocycles. The fraction of sp³-hybridized carbons (Fsp3) is 0.435. The summed E-state index contributed by atoms with van der Waals surface area (Å²) in [4.78, 5) is 14.2. The summed E-state index contributed by atoms with van der Waals surface area (Å²) in [6.07, 6.45) is 3.05. The third-order valence-corrected chi connectivity index (χ3v) is 8.44. The van der Waals surface area contributed by atoms with Crippen LogP contribution in [0.15, 0.2) is 52.3 Å². The van der Waals surface area contributed by atoms with Crippen molar-refractivity contribution in [3.8, 4) is 5.75 Å². The summed E-state index contributed by atoms with van der Waals surface area (Å²) in [6.45, 7) is 4.46. The van der Waals surface area contributed by atoms with E-state index in [2.05, 4.69) is 5.32 Å². The fourth-order valence-corrected chi connectivity index (χ4v) is 5.79. The molecule has 3 rings (SSSR count). The summed E-state index contributed by atoms with van der Waals surface area (Å²) in [5.74, 6) is 0.460. The number of hydrogen-bond acceptors (Lipinski definition) is 5. The van der Waals surface area contributed by atoms with Crippen LogP contribution < -0.4 is 10.1 Å². The maximum atomic E-state index is 13.0. The number of rotatable bonds is 7. The molecule has 1 aliphatic heterocycles. The quantitative estimate of drug-likeness (QED) is 0.630. The summed E-state index contributed by atoms with van der Waals surface area (Å²) in [7, 11) is -2.03. The molecule has 1 fully saturated rings. The number of piperidine rings is 1. The van der Waals surface area contributed by atoms with Crippen LogP contribution in [0.5, 0.6) is 5.75 Å². The van der Waals surface area contributed by atoms with Gasteiger partial charge in [0.15, 0.2) is 0 Å². The summed E-state index contributed by atoms with van der Waals surface area (Å²) >= 11 is 1.68. The molecule has 0 unspecified atom stereocenters. The molecule has 8 heteroatoms. The Kier molecular flexibility index (Phi) is 7.67. The van der Waals surface area contributed by atoms with Gasteiger partial charge in [-0.15, -0.1) is 11.8 Å². The Labute approximate surface area is 189 Å². The number of benzene rings is 2. The van der Waals surface area contributed by atoms with Crippen molar-refractivity contribution in [1.82, 2.24) is 9.62 Å². The summed E-state index contributed by atoms with van der Waals surface area (Å²) in [5, 5.41) is 3.08. The molecular formula is C23H30N2O4S2. The van der Waals surface area contributed by atoms with E-state index < -0.39 is 10.0 Å². The summed E-state index contributed by atoms with van der Waals surface area (Å²) < 4.78 is 32.7. The Morgan fingerprint density at radius 1 is 1.16 bits per heavy atom. The number of nitrogens with zero attached hydrogens (tertiary/aromatic N) is 1. The van der Waals surface area contributed by atoms with Gasteiger partial charge in [0.2, 0.25) is 15.9 Å². The standard InChI is InChI=1S/C23H30N2O4S2/c1-16-15-21(9-10-22(16)29-3)31(27,28)25-13-11-19(12-14-25)23(26)24-17(2)18-5-7-20(30-4)8-6-18/h5-10,15,17,19H,11-14H2,1-4H3,(H,24,26)/t17-/m0/s1. The number of nitrogens with one attached hydrogen (secondary N) is 1. The highest BCUT2D eigenvalue weighted by atomic mass is 32.2. The summed E-state index contributed by atoms with van der Waals surface area (Å²) in [6, 6.07) is 13.0. The van der Waals surface area contributed by atoms with Gasteiger partial charge < -0.3 is 10.1 Å². The number of sulfonamides is 1. The van der Waals surface area contributed by atoms with Gasteiger partial charge in [0, 0.05) is 23.9 Å². The lowest BCUT2D eigenvalue weighted by atomic mass is 9.96. The molecule has 0 aliphatic carbocycles. The number of aryl methyl sites for hydroxylation is 1. The highest BCUT2D eigenvalue weighted by Crippen LogP contribution is 2.28. The molecular weight excluding hydrogens is 432 g/mol. The minimum atomic E-state index is -3.59. The van der Waals surface area contributed by atoms with Crippen molar-refractivity contribution in [2.75, 3.05) is 26.5 Å². The highest BCUT2D eigenvalue weighted by Gasteiger charge is 2.32.